The van der Waals surface area contributed by atoms with Gasteiger partial charge in [-0.15, -0.1) is 0 Å². The molecule has 0 amide bonds. The lowest BCUT2D eigenvalue weighted by Crippen LogP contribution is -2.36. The van der Waals surface area contributed by atoms with Crippen molar-refractivity contribution in [2.24, 2.45) is 14.1 Å². The molecule has 2 heterocycles. The fourth-order valence-electron chi connectivity index (χ4n) is 3.49. The Balaban J connectivity index is 1.91. The van der Waals surface area contributed by atoms with Gasteiger partial charge in [0, 0.05) is 20.6 Å². The Labute approximate surface area is 177 Å². The number of anilines is 1. The van der Waals surface area contributed by atoms with E-state index in [1.807, 2.05) is 30.3 Å². The molecule has 0 aliphatic rings. The fraction of sp³-hybridized carbons (Fsp3) is 0.174. The summed E-state index contributed by atoms with van der Waals surface area (Å²) in [6.45, 7) is 0.460. The van der Waals surface area contributed by atoms with Crippen molar-refractivity contribution >= 4 is 23.0 Å². The highest BCUT2D eigenvalue weighted by Crippen LogP contribution is 2.36. The third-order valence-electron chi connectivity index (χ3n) is 5.18. The zero-order valence-electron chi connectivity index (χ0n) is 17.3. The van der Waals surface area contributed by atoms with Crippen LogP contribution in [0.1, 0.15) is 15.9 Å². The number of hydrogen-bond donors (Lipinski definition) is 1. The van der Waals surface area contributed by atoms with Gasteiger partial charge >= 0.3 is 11.7 Å². The number of carbonyl (C=O) groups is 1. The van der Waals surface area contributed by atoms with Gasteiger partial charge in [0.15, 0.2) is 0 Å². The molecular formula is C23H21N3O5. The standard InChI is InChI=1S/C23H21N3O5/c1-25-20(27)18-17(15-9-11-16(12-10-15)22(28)30-3)19(31-21(18)26(2)23(25)29)24-13-14-7-5-4-6-8-14/h4-12,24H,13H2,1-3H3. The molecule has 2 aromatic carbocycles. The van der Waals surface area contributed by atoms with Crippen molar-refractivity contribution in [2.75, 3.05) is 12.4 Å². The predicted octanol–water partition coefficient (Wildman–Crippen LogP) is 2.90. The second-order valence-corrected chi connectivity index (χ2v) is 7.10. The van der Waals surface area contributed by atoms with Crippen LogP contribution >= 0.6 is 0 Å². The lowest BCUT2D eigenvalue weighted by molar-refractivity contribution is 0.0601. The number of nitrogens with one attached hydrogen (secondary N) is 1. The Morgan fingerprint density at radius 1 is 1.00 bits per heavy atom. The maximum Gasteiger partial charge on any atom is 0.337 e. The summed E-state index contributed by atoms with van der Waals surface area (Å²) in [4.78, 5) is 37.2. The third-order valence-corrected chi connectivity index (χ3v) is 5.18. The number of benzene rings is 2. The maximum atomic E-state index is 13.0. The summed E-state index contributed by atoms with van der Waals surface area (Å²) in [6.07, 6.45) is 0. The molecule has 0 aliphatic carbocycles. The van der Waals surface area contributed by atoms with E-state index in [9.17, 15) is 14.4 Å². The molecule has 0 aliphatic heterocycles. The number of carbonyl (C=O) groups excluding carboxylic acids is 1. The topological polar surface area (TPSA) is 95.5 Å². The van der Waals surface area contributed by atoms with Crippen molar-refractivity contribution in [1.29, 1.82) is 0 Å². The second kappa shape index (κ2) is 7.98. The summed E-state index contributed by atoms with van der Waals surface area (Å²) < 4.78 is 13.1. The van der Waals surface area contributed by atoms with E-state index in [4.69, 9.17) is 9.15 Å². The highest BCUT2D eigenvalue weighted by molar-refractivity contribution is 5.99. The van der Waals surface area contributed by atoms with Crippen LogP contribution in [0.4, 0.5) is 5.88 Å². The number of aromatic nitrogens is 2. The molecule has 0 unspecified atom stereocenters. The van der Waals surface area contributed by atoms with Gasteiger partial charge in [-0.1, -0.05) is 42.5 Å². The number of fused-ring (bicyclic) bond motifs is 1. The summed E-state index contributed by atoms with van der Waals surface area (Å²) in [6, 6.07) is 16.4. The van der Waals surface area contributed by atoms with Crippen molar-refractivity contribution in [1.82, 2.24) is 9.13 Å². The number of furan rings is 1. The number of hydrogen-bond acceptors (Lipinski definition) is 6. The number of aryl methyl sites for hydroxylation is 1. The highest BCUT2D eigenvalue weighted by atomic mass is 16.5. The van der Waals surface area contributed by atoms with Crippen LogP contribution in [0.15, 0.2) is 68.6 Å². The van der Waals surface area contributed by atoms with Gasteiger partial charge in [-0.3, -0.25) is 13.9 Å². The Hall–Kier alpha value is -4.07. The first-order chi connectivity index (χ1) is 14.9. The molecule has 1 N–H and O–H groups in total. The monoisotopic (exact) mass is 419 g/mol. The Kier molecular flexibility index (Phi) is 5.21. The summed E-state index contributed by atoms with van der Waals surface area (Å²) in [5.74, 6) is -0.0905. The number of methoxy groups -OCH3 is 1. The van der Waals surface area contributed by atoms with Gasteiger partial charge in [-0.25, -0.2) is 9.59 Å². The number of esters is 1. The van der Waals surface area contributed by atoms with Gasteiger partial charge in [0.05, 0.1) is 18.2 Å². The zero-order valence-corrected chi connectivity index (χ0v) is 17.3. The van der Waals surface area contributed by atoms with E-state index in [-0.39, 0.29) is 11.1 Å². The summed E-state index contributed by atoms with van der Waals surface area (Å²) in [5.41, 5.74) is 1.84. The molecule has 0 saturated carbocycles. The molecule has 31 heavy (non-hydrogen) atoms. The first-order valence-electron chi connectivity index (χ1n) is 9.61. The molecule has 4 aromatic rings. The van der Waals surface area contributed by atoms with Crippen molar-refractivity contribution in [3.8, 4) is 11.1 Å². The van der Waals surface area contributed by atoms with E-state index in [1.54, 1.807) is 31.3 Å². The Bertz CT molecular complexity index is 1380. The van der Waals surface area contributed by atoms with Crippen molar-refractivity contribution in [2.45, 2.75) is 6.54 Å². The fourth-order valence-corrected chi connectivity index (χ4v) is 3.49. The molecular weight excluding hydrogens is 398 g/mol. The SMILES string of the molecule is COC(=O)c1ccc(-c2c(NCc3ccccc3)oc3c2c(=O)n(C)c(=O)n3C)cc1. The summed E-state index contributed by atoms with van der Waals surface area (Å²) in [5, 5.41) is 3.52. The van der Waals surface area contributed by atoms with Crippen molar-refractivity contribution in [3.05, 3.63) is 86.6 Å². The van der Waals surface area contributed by atoms with E-state index >= 15 is 0 Å². The molecule has 0 atom stereocenters. The zero-order chi connectivity index (χ0) is 22.1. The first kappa shape index (κ1) is 20.2. The average Bonchev–Trinajstić information content (AvgIpc) is 3.20. The quantitative estimate of drug-likeness (QED) is 0.500. The summed E-state index contributed by atoms with van der Waals surface area (Å²) >= 11 is 0. The van der Waals surface area contributed by atoms with Crippen LogP contribution in [-0.2, 0) is 25.4 Å². The van der Waals surface area contributed by atoms with Gasteiger partial charge < -0.3 is 14.5 Å². The average molecular weight is 419 g/mol. The number of ether oxygens (including phenoxy) is 1. The minimum atomic E-state index is -0.478. The smallest absolute Gasteiger partial charge is 0.337 e. The molecule has 2 aromatic heterocycles. The highest BCUT2D eigenvalue weighted by Gasteiger charge is 2.23. The molecule has 0 saturated heterocycles. The second-order valence-electron chi connectivity index (χ2n) is 7.10. The van der Waals surface area contributed by atoms with Gasteiger partial charge in [0.2, 0.25) is 11.6 Å². The molecule has 8 heteroatoms. The van der Waals surface area contributed by atoms with Crippen LogP contribution in [0.3, 0.4) is 0 Å². The largest absolute Gasteiger partial charge is 0.465 e. The van der Waals surface area contributed by atoms with E-state index in [0.717, 1.165) is 10.1 Å². The van der Waals surface area contributed by atoms with Crippen LogP contribution in [0, 0.1) is 0 Å². The van der Waals surface area contributed by atoms with E-state index in [1.165, 1.54) is 18.7 Å². The molecule has 0 spiro atoms. The Morgan fingerprint density at radius 3 is 2.32 bits per heavy atom. The Morgan fingerprint density at radius 2 is 1.68 bits per heavy atom. The van der Waals surface area contributed by atoms with Gasteiger partial charge in [0.1, 0.15) is 5.39 Å². The van der Waals surface area contributed by atoms with E-state index in [0.29, 0.717) is 29.1 Å². The number of rotatable bonds is 5. The third kappa shape index (κ3) is 3.52. The normalized spacial score (nSPS) is 10.9. The first-order valence-corrected chi connectivity index (χ1v) is 9.61. The van der Waals surface area contributed by atoms with Crippen LogP contribution in [0.5, 0.6) is 0 Å². The summed E-state index contributed by atoms with van der Waals surface area (Å²) in [7, 11) is 4.30. The van der Waals surface area contributed by atoms with Crippen molar-refractivity contribution in [3.63, 3.8) is 0 Å². The minimum absolute atomic E-state index is 0.177. The van der Waals surface area contributed by atoms with Crippen LogP contribution in [0.2, 0.25) is 0 Å². The van der Waals surface area contributed by atoms with Crippen molar-refractivity contribution < 1.29 is 13.9 Å². The lowest BCUT2D eigenvalue weighted by Gasteiger charge is -2.07. The van der Waals surface area contributed by atoms with E-state index in [2.05, 4.69) is 5.32 Å². The predicted molar refractivity (Wildman–Crippen MR) is 117 cm³/mol. The molecule has 4 rings (SSSR count). The minimum Gasteiger partial charge on any atom is -0.465 e. The van der Waals surface area contributed by atoms with Gasteiger partial charge in [0.25, 0.3) is 5.56 Å². The molecule has 0 bridgehead atoms. The van der Waals surface area contributed by atoms with E-state index < -0.39 is 17.2 Å². The van der Waals surface area contributed by atoms with Crippen LogP contribution < -0.4 is 16.6 Å². The van der Waals surface area contributed by atoms with Gasteiger partial charge in [-0.05, 0) is 23.3 Å². The maximum absolute atomic E-state index is 13.0. The molecule has 8 nitrogen and oxygen atoms in total. The van der Waals surface area contributed by atoms with Crippen LogP contribution in [-0.4, -0.2) is 22.2 Å². The number of nitrogens with zero attached hydrogens (tertiary/aromatic N) is 2. The van der Waals surface area contributed by atoms with Gasteiger partial charge in [-0.2, -0.15) is 0 Å². The molecule has 0 fully saturated rings. The molecule has 0 radical (unpaired) electrons. The van der Waals surface area contributed by atoms with Crippen LogP contribution in [0.25, 0.3) is 22.2 Å². The lowest BCUT2D eigenvalue weighted by atomic mass is 10.0. The molecule has 158 valence electrons.